The predicted molar refractivity (Wildman–Crippen MR) is 97.4 cm³/mol. The lowest BCUT2D eigenvalue weighted by Crippen LogP contribution is -2.26. The molecule has 3 rings (SSSR count). The number of allylic oxidation sites excluding steroid dienone is 1. The fourth-order valence-corrected chi connectivity index (χ4v) is 2.65. The molecule has 24 heavy (non-hydrogen) atoms. The summed E-state index contributed by atoms with van der Waals surface area (Å²) in [4.78, 5) is 21.4. The van der Waals surface area contributed by atoms with Gasteiger partial charge in [0.05, 0.1) is 11.0 Å². The molecule has 2 N–H and O–H groups in total. The normalized spacial score (nSPS) is 17.7. The maximum absolute atomic E-state index is 9.35. The number of hydrogen-bond acceptors (Lipinski definition) is 5. The highest BCUT2D eigenvalue weighted by Crippen LogP contribution is 2.30. The maximum Gasteiger partial charge on any atom is 0.155 e. The Morgan fingerprint density at radius 1 is 1.42 bits per heavy atom. The van der Waals surface area contributed by atoms with Gasteiger partial charge >= 0.3 is 0 Å². The van der Waals surface area contributed by atoms with E-state index in [1.807, 2.05) is 19.3 Å². The summed E-state index contributed by atoms with van der Waals surface area (Å²) in [7, 11) is 2.04. The second-order valence-electron chi connectivity index (χ2n) is 6.87. The molecule has 2 heterocycles. The van der Waals surface area contributed by atoms with E-state index in [1.165, 1.54) is 17.6 Å². The summed E-state index contributed by atoms with van der Waals surface area (Å²) in [6, 6.07) is 4.68. The van der Waals surface area contributed by atoms with Crippen LogP contribution in [0.2, 0.25) is 0 Å². The minimum absolute atomic E-state index is 0.429. The van der Waals surface area contributed by atoms with E-state index in [2.05, 4.69) is 43.8 Å². The number of aromatic amines is 1. The van der Waals surface area contributed by atoms with Crippen LogP contribution >= 0.6 is 0 Å². The predicted octanol–water partition coefficient (Wildman–Crippen LogP) is 4.20. The average Bonchev–Trinajstić information content (AvgIpc) is 2.98. The first-order chi connectivity index (χ1) is 11.4. The van der Waals surface area contributed by atoms with E-state index >= 15 is 0 Å². The zero-order valence-electron chi connectivity index (χ0n) is 14.8. The molecule has 1 aliphatic carbocycles. The second kappa shape index (κ2) is 8.06. The fraction of sp³-hybridized carbons (Fsp3) is 0.500. The van der Waals surface area contributed by atoms with E-state index in [9.17, 15) is 4.91 Å². The van der Waals surface area contributed by atoms with Gasteiger partial charge < -0.3 is 15.1 Å². The van der Waals surface area contributed by atoms with Crippen molar-refractivity contribution in [1.29, 1.82) is 0 Å². The van der Waals surface area contributed by atoms with Crippen LogP contribution in [0.1, 0.15) is 45.6 Å². The summed E-state index contributed by atoms with van der Waals surface area (Å²) in [6.45, 7) is 5.28. The molecule has 0 aromatic carbocycles. The summed E-state index contributed by atoms with van der Waals surface area (Å²) in [5.41, 5.74) is 4.50. The van der Waals surface area contributed by atoms with Crippen molar-refractivity contribution in [2.24, 2.45) is 5.34 Å². The molecule has 0 amide bonds. The van der Waals surface area contributed by atoms with Gasteiger partial charge in [-0.25, -0.2) is 0 Å². The van der Waals surface area contributed by atoms with E-state index in [-0.39, 0.29) is 0 Å². The molecule has 1 aliphatic rings. The lowest BCUT2D eigenvalue weighted by Gasteiger charge is -2.20. The van der Waals surface area contributed by atoms with Crippen molar-refractivity contribution < 1.29 is 4.84 Å². The molecule has 2 aromatic rings. The summed E-state index contributed by atoms with van der Waals surface area (Å²) in [6.07, 6.45) is 9.76. The van der Waals surface area contributed by atoms with Gasteiger partial charge in [-0.05, 0) is 64.8 Å². The van der Waals surface area contributed by atoms with E-state index in [1.54, 1.807) is 20.8 Å². The van der Waals surface area contributed by atoms with Gasteiger partial charge in [-0.2, -0.15) is 0 Å². The minimum atomic E-state index is -0.429. The SMILES string of the molecule is CC(C)(C)ON=O.CNC1CC=C(c2c[nH]c3cccnc23)CC1. The summed E-state index contributed by atoms with van der Waals surface area (Å²) >= 11 is 0. The number of nitrogens with zero attached hydrogens (tertiary/aromatic N) is 2. The average molecular weight is 330 g/mol. The monoisotopic (exact) mass is 330 g/mol. The molecular formula is C18H26N4O2. The number of aromatic nitrogens is 2. The van der Waals surface area contributed by atoms with Crippen LogP contribution in [0, 0.1) is 4.91 Å². The largest absolute Gasteiger partial charge is 0.359 e. The van der Waals surface area contributed by atoms with Crippen LogP contribution in [0.3, 0.4) is 0 Å². The molecule has 0 saturated heterocycles. The Bertz CT molecular complexity index is 700. The smallest absolute Gasteiger partial charge is 0.155 e. The molecule has 0 fully saturated rings. The standard InChI is InChI=1S/C14H17N3.C4H9NO2/c1-15-11-6-4-10(5-7-11)12-9-17-13-3-2-8-16-14(12)13;1-4(2,3)7-5-6/h2-4,8-9,11,15,17H,5-7H2,1H3;1-3H3. The highest BCUT2D eigenvalue weighted by Gasteiger charge is 2.16. The Balaban J connectivity index is 0.000000256. The van der Waals surface area contributed by atoms with Crippen molar-refractivity contribution >= 4 is 16.6 Å². The molecule has 1 unspecified atom stereocenters. The van der Waals surface area contributed by atoms with Gasteiger partial charge in [0.1, 0.15) is 5.60 Å². The van der Waals surface area contributed by atoms with Crippen molar-refractivity contribution in [2.75, 3.05) is 7.05 Å². The quantitative estimate of drug-likeness (QED) is 0.653. The van der Waals surface area contributed by atoms with Crippen LogP contribution in [-0.4, -0.2) is 28.7 Å². The Labute approximate surface area is 142 Å². The number of pyridine rings is 1. The zero-order chi connectivity index (χ0) is 17.6. The maximum atomic E-state index is 9.35. The molecule has 0 spiro atoms. The Kier molecular flexibility index (Phi) is 6.09. The molecule has 0 saturated carbocycles. The third-order valence-corrected chi connectivity index (χ3v) is 3.91. The van der Waals surface area contributed by atoms with Crippen LogP contribution in [0.25, 0.3) is 16.6 Å². The van der Waals surface area contributed by atoms with E-state index in [0.717, 1.165) is 23.9 Å². The molecular weight excluding hydrogens is 304 g/mol. The first kappa shape index (κ1) is 18.1. The van der Waals surface area contributed by atoms with Crippen LogP contribution in [0.15, 0.2) is 35.9 Å². The summed E-state index contributed by atoms with van der Waals surface area (Å²) in [5, 5.41) is 5.60. The van der Waals surface area contributed by atoms with E-state index in [4.69, 9.17) is 0 Å². The zero-order valence-corrected chi connectivity index (χ0v) is 14.8. The minimum Gasteiger partial charge on any atom is -0.359 e. The van der Waals surface area contributed by atoms with Gasteiger partial charge in [0.2, 0.25) is 0 Å². The second-order valence-corrected chi connectivity index (χ2v) is 6.87. The lowest BCUT2D eigenvalue weighted by atomic mass is 9.91. The van der Waals surface area contributed by atoms with Crippen molar-refractivity contribution in [2.45, 2.75) is 51.7 Å². The first-order valence-corrected chi connectivity index (χ1v) is 8.24. The third kappa shape index (κ3) is 4.89. The van der Waals surface area contributed by atoms with Crippen molar-refractivity contribution in [3.63, 3.8) is 0 Å². The topological polar surface area (TPSA) is 79.4 Å². The summed E-state index contributed by atoms with van der Waals surface area (Å²) in [5.74, 6) is 0. The highest BCUT2D eigenvalue weighted by molar-refractivity contribution is 5.89. The van der Waals surface area contributed by atoms with Gasteiger partial charge in [-0.1, -0.05) is 6.08 Å². The molecule has 0 bridgehead atoms. The van der Waals surface area contributed by atoms with Crippen molar-refractivity contribution in [3.05, 3.63) is 41.1 Å². The van der Waals surface area contributed by atoms with Crippen LogP contribution in [0.4, 0.5) is 0 Å². The van der Waals surface area contributed by atoms with Crippen LogP contribution in [-0.2, 0) is 4.84 Å². The lowest BCUT2D eigenvalue weighted by molar-refractivity contribution is -0.00229. The highest BCUT2D eigenvalue weighted by atomic mass is 16.7. The molecule has 130 valence electrons. The molecule has 6 heteroatoms. The van der Waals surface area contributed by atoms with Gasteiger partial charge in [-0.3, -0.25) is 4.98 Å². The number of hydrogen-bond donors (Lipinski definition) is 2. The Hall–Kier alpha value is -2.21. The van der Waals surface area contributed by atoms with E-state index in [0.29, 0.717) is 6.04 Å². The number of H-pyrrole nitrogens is 1. The number of nitrogens with one attached hydrogen (secondary N) is 2. The molecule has 1 atom stereocenters. The molecule has 6 nitrogen and oxygen atoms in total. The fourth-order valence-electron chi connectivity index (χ4n) is 2.65. The molecule has 2 aromatic heterocycles. The number of rotatable bonds is 3. The third-order valence-electron chi connectivity index (χ3n) is 3.91. The Morgan fingerprint density at radius 2 is 2.21 bits per heavy atom. The van der Waals surface area contributed by atoms with Gasteiger partial charge in [0, 0.05) is 24.0 Å². The van der Waals surface area contributed by atoms with Gasteiger partial charge in [0.15, 0.2) is 5.34 Å². The summed E-state index contributed by atoms with van der Waals surface area (Å²) < 4.78 is 0. The van der Waals surface area contributed by atoms with Crippen LogP contribution < -0.4 is 5.32 Å². The van der Waals surface area contributed by atoms with E-state index < -0.39 is 5.60 Å². The van der Waals surface area contributed by atoms with Crippen LogP contribution in [0.5, 0.6) is 0 Å². The van der Waals surface area contributed by atoms with Gasteiger partial charge in [-0.15, -0.1) is 4.91 Å². The van der Waals surface area contributed by atoms with Gasteiger partial charge in [0.25, 0.3) is 0 Å². The van der Waals surface area contributed by atoms with Crippen molar-refractivity contribution in [1.82, 2.24) is 15.3 Å². The molecule has 0 aliphatic heterocycles. The Morgan fingerprint density at radius 3 is 2.75 bits per heavy atom. The van der Waals surface area contributed by atoms with Crippen molar-refractivity contribution in [3.8, 4) is 0 Å². The first-order valence-electron chi connectivity index (χ1n) is 8.24. The molecule has 0 radical (unpaired) electrons. The number of fused-ring (bicyclic) bond motifs is 1.